The van der Waals surface area contributed by atoms with Crippen molar-refractivity contribution in [3.05, 3.63) is 60.2 Å². The van der Waals surface area contributed by atoms with Crippen molar-refractivity contribution in [3.63, 3.8) is 0 Å². The van der Waals surface area contributed by atoms with E-state index in [0.29, 0.717) is 50.5 Å². The number of sulfonamides is 1. The van der Waals surface area contributed by atoms with Crippen LogP contribution >= 0.6 is 0 Å². The second-order valence-corrected chi connectivity index (χ2v) is 10.00. The van der Waals surface area contributed by atoms with Gasteiger partial charge in [0, 0.05) is 37.9 Å². The molecule has 0 radical (unpaired) electrons. The number of benzene rings is 2. The topological polar surface area (TPSA) is 79.0 Å². The molecule has 0 spiro atoms. The molecule has 0 aliphatic carbocycles. The highest BCUT2D eigenvalue weighted by molar-refractivity contribution is 7.90. The highest BCUT2D eigenvalue weighted by Gasteiger charge is 2.47. The number of carbonyl (C=O) groups is 1. The van der Waals surface area contributed by atoms with Gasteiger partial charge in [0.15, 0.2) is 0 Å². The summed E-state index contributed by atoms with van der Waals surface area (Å²) in [5.41, 5.74) is 1.65. The summed E-state index contributed by atoms with van der Waals surface area (Å²) < 4.78 is 33.0. The monoisotopic (exact) mass is 429 g/mol. The number of nitrogens with zero attached hydrogens (tertiary/aromatic N) is 2. The molecule has 2 amide bonds. The maximum Gasteiger partial charge on any atom is 0.321 e. The van der Waals surface area contributed by atoms with Crippen molar-refractivity contribution in [1.82, 2.24) is 9.21 Å². The van der Waals surface area contributed by atoms with Crippen LogP contribution in [-0.4, -0.2) is 55.6 Å². The number of amides is 2. The number of ether oxygens (including phenoxy) is 1. The Bertz CT molecular complexity index is 996. The Kier molecular flexibility index (Phi) is 5.97. The molecule has 4 rings (SSSR count). The van der Waals surface area contributed by atoms with Crippen LogP contribution in [0.4, 0.5) is 10.5 Å². The van der Waals surface area contributed by atoms with Crippen LogP contribution in [0, 0.1) is 5.92 Å². The number of methoxy groups -OCH3 is 1. The summed E-state index contributed by atoms with van der Waals surface area (Å²) in [4.78, 5) is 14.4. The quantitative estimate of drug-likeness (QED) is 0.810. The summed E-state index contributed by atoms with van der Waals surface area (Å²) in [5.74, 6) is 0.719. The molecule has 2 fully saturated rings. The fourth-order valence-electron chi connectivity index (χ4n) is 4.34. The van der Waals surface area contributed by atoms with E-state index in [2.05, 4.69) is 5.32 Å². The average Bonchev–Trinajstić information content (AvgIpc) is 2.89. The SMILES string of the molecule is COc1cccc(NC(=O)N2CC[C@@H]3CN(Cc4ccccc4)S(=O)(=O)[C@@H]3CC2)c1. The van der Waals surface area contributed by atoms with Gasteiger partial charge >= 0.3 is 6.03 Å². The van der Waals surface area contributed by atoms with Gasteiger partial charge in [-0.05, 0) is 36.5 Å². The van der Waals surface area contributed by atoms with E-state index >= 15 is 0 Å². The number of anilines is 1. The van der Waals surface area contributed by atoms with Gasteiger partial charge in [-0.25, -0.2) is 13.2 Å². The number of nitrogens with one attached hydrogen (secondary N) is 1. The molecule has 0 saturated carbocycles. The first-order chi connectivity index (χ1) is 14.5. The van der Waals surface area contributed by atoms with Gasteiger partial charge in [0.25, 0.3) is 0 Å². The van der Waals surface area contributed by atoms with Crippen molar-refractivity contribution in [2.45, 2.75) is 24.6 Å². The lowest BCUT2D eigenvalue weighted by Gasteiger charge is -2.22. The van der Waals surface area contributed by atoms with Gasteiger partial charge in [-0.3, -0.25) is 0 Å². The third-order valence-electron chi connectivity index (χ3n) is 5.97. The van der Waals surface area contributed by atoms with Crippen molar-refractivity contribution in [1.29, 1.82) is 0 Å². The normalized spacial score (nSPS) is 23.4. The average molecular weight is 430 g/mol. The van der Waals surface area contributed by atoms with Crippen LogP contribution in [0.1, 0.15) is 18.4 Å². The minimum atomic E-state index is -3.37. The first-order valence-electron chi connectivity index (χ1n) is 10.2. The first kappa shape index (κ1) is 20.7. The fraction of sp³-hybridized carbons (Fsp3) is 0.409. The molecule has 7 nitrogen and oxygen atoms in total. The summed E-state index contributed by atoms with van der Waals surface area (Å²) in [6.45, 7) is 1.91. The smallest absolute Gasteiger partial charge is 0.321 e. The Balaban J connectivity index is 1.40. The Morgan fingerprint density at radius 2 is 1.87 bits per heavy atom. The van der Waals surface area contributed by atoms with E-state index < -0.39 is 15.3 Å². The van der Waals surface area contributed by atoms with Gasteiger partial charge in [0.2, 0.25) is 10.0 Å². The van der Waals surface area contributed by atoms with Crippen molar-refractivity contribution in [2.24, 2.45) is 5.92 Å². The summed E-state index contributed by atoms with van der Waals surface area (Å²) in [7, 11) is -1.79. The summed E-state index contributed by atoms with van der Waals surface area (Å²) >= 11 is 0. The Morgan fingerprint density at radius 1 is 1.10 bits per heavy atom. The molecule has 8 heteroatoms. The predicted octanol–water partition coefficient (Wildman–Crippen LogP) is 3.15. The lowest BCUT2D eigenvalue weighted by atomic mass is 10.0. The lowest BCUT2D eigenvalue weighted by Crippen LogP contribution is -2.37. The summed E-state index contributed by atoms with van der Waals surface area (Å²) in [6.07, 6.45) is 1.14. The zero-order valence-electron chi connectivity index (χ0n) is 17.0. The molecule has 1 N–H and O–H groups in total. The summed E-state index contributed by atoms with van der Waals surface area (Å²) in [6, 6.07) is 16.7. The molecule has 0 aromatic heterocycles. The van der Waals surface area contributed by atoms with Crippen LogP contribution in [0.3, 0.4) is 0 Å². The van der Waals surface area contributed by atoms with Gasteiger partial charge in [-0.2, -0.15) is 4.31 Å². The summed E-state index contributed by atoms with van der Waals surface area (Å²) in [5, 5.41) is 2.47. The highest BCUT2D eigenvalue weighted by Crippen LogP contribution is 2.35. The van der Waals surface area contributed by atoms with E-state index in [-0.39, 0.29) is 11.9 Å². The van der Waals surface area contributed by atoms with Crippen LogP contribution in [-0.2, 0) is 16.6 Å². The third-order valence-corrected chi connectivity index (χ3v) is 8.35. The van der Waals surface area contributed by atoms with Gasteiger partial charge < -0.3 is 15.0 Å². The van der Waals surface area contributed by atoms with E-state index in [1.807, 2.05) is 42.5 Å². The lowest BCUT2D eigenvalue weighted by molar-refractivity contribution is 0.212. The molecule has 2 aromatic rings. The highest BCUT2D eigenvalue weighted by atomic mass is 32.2. The van der Waals surface area contributed by atoms with Crippen molar-refractivity contribution in [3.8, 4) is 5.75 Å². The van der Waals surface area contributed by atoms with E-state index in [9.17, 15) is 13.2 Å². The maximum absolute atomic E-state index is 13.1. The fourth-order valence-corrected chi connectivity index (χ4v) is 6.57. The van der Waals surface area contributed by atoms with Gasteiger partial charge in [-0.1, -0.05) is 36.4 Å². The number of urea groups is 1. The number of rotatable bonds is 4. The second kappa shape index (κ2) is 8.65. The number of hydrogen-bond donors (Lipinski definition) is 1. The van der Waals surface area contributed by atoms with E-state index in [4.69, 9.17) is 4.74 Å². The van der Waals surface area contributed by atoms with Crippen LogP contribution in [0.2, 0.25) is 0 Å². The molecular weight excluding hydrogens is 402 g/mol. The van der Waals surface area contributed by atoms with Crippen LogP contribution in [0.25, 0.3) is 0 Å². The van der Waals surface area contributed by atoms with Gasteiger partial charge in [0.1, 0.15) is 5.75 Å². The van der Waals surface area contributed by atoms with Gasteiger partial charge in [0.05, 0.1) is 12.4 Å². The molecular formula is C22H27N3O4S. The Morgan fingerprint density at radius 3 is 2.63 bits per heavy atom. The number of carbonyl (C=O) groups excluding carboxylic acids is 1. The third kappa shape index (κ3) is 4.29. The molecule has 0 bridgehead atoms. The molecule has 2 atom stereocenters. The molecule has 0 unspecified atom stereocenters. The van der Waals surface area contributed by atoms with E-state index in [0.717, 1.165) is 5.56 Å². The van der Waals surface area contributed by atoms with Crippen LogP contribution < -0.4 is 10.1 Å². The molecule has 2 aliphatic heterocycles. The number of hydrogen-bond acceptors (Lipinski definition) is 4. The maximum atomic E-state index is 13.1. The Hall–Kier alpha value is -2.58. The van der Waals surface area contributed by atoms with Crippen LogP contribution in [0.15, 0.2) is 54.6 Å². The molecule has 2 heterocycles. The molecule has 160 valence electrons. The van der Waals surface area contributed by atoms with E-state index in [1.54, 1.807) is 28.4 Å². The molecule has 2 saturated heterocycles. The minimum absolute atomic E-state index is 0.0494. The number of fused-ring (bicyclic) bond motifs is 1. The van der Waals surface area contributed by atoms with E-state index in [1.165, 1.54) is 0 Å². The zero-order valence-corrected chi connectivity index (χ0v) is 17.8. The van der Waals surface area contributed by atoms with Crippen LogP contribution in [0.5, 0.6) is 5.75 Å². The van der Waals surface area contributed by atoms with Crippen molar-refractivity contribution >= 4 is 21.7 Å². The number of likely N-dealkylation sites (tertiary alicyclic amines) is 1. The van der Waals surface area contributed by atoms with Crippen molar-refractivity contribution < 1.29 is 17.9 Å². The van der Waals surface area contributed by atoms with Gasteiger partial charge in [-0.15, -0.1) is 0 Å². The molecule has 2 aliphatic rings. The van der Waals surface area contributed by atoms with Crippen molar-refractivity contribution in [2.75, 3.05) is 32.1 Å². The Labute approximate surface area is 177 Å². The predicted molar refractivity (Wildman–Crippen MR) is 116 cm³/mol. The minimum Gasteiger partial charge on any atom is -0.497 e. The first-order valence-corrected chi connectivity index (χ1v) is 11.7. The molecule has 30 heavy (non-hydrogen) atoms. The standard InChI is InChI=1S/C22H27N3O4S/c1-29-20-9-5-8-19(14-20)23-22(26)24-12-10-18-16-25(15-17-6-3-2-4-7-17)30(27,28)21(18)11-13-24/h2-9,14,18,21H,10-13,15-16H2,1H3,(H,23,26)/t18-,21-/m1/s1. The largest absolute Gasteiger partial charge is 0.497 e. The second-order valence-electron chi connectivity index (χ2n) is 7.85. The molecule has 2 aromatic carbocycles. The zero-order chi connectivity index (χ0) is 21.1.